The third-order valence-corrected chi connectivity index (χ3v) is 7.13. The van der Waals surface area contributed by atoms with Gasteiger partial charge in [-0.25, -0.2) is 8.42 Å². The fraction of sp³-hybridized carbons (Fsp3) is 0.240. The predicted molar refractivity (Wildman–Crippen MR) is 125 cm³/mol. The predicted octanol–water partition coefficient (Wildman–Crippen LogP) is 3.84. The molecule has 0 radical (unpaired) electrons. The van der Waals surface area contributed by atoms with E-state index in [0.717, 1.165) is 26.6 Å². The van der Waals surface area contributed by atoms with Crippen LogP contribution in [0.25, 0.3) is 0 Å². The van der Waals surface area contributed by atoms with Crippen molar-refractivity contribution in [2.24, 2.45) is 0 Å². The molecular weight excluding hydrogens is 424 g/mol. The third kappa shape index (κ3) is 5.36. The largest absolute Gasteiger partial charge is 0.497 e. The molecule has 6 nitrogen and oxygen atoms in total. The van der Waals surface area contributed by atoms with E-state index >= 15 is 0 Å². The van der Waals surface area contributed by atoms with E-state index in [0.29, 0.717) is 5.75 Å². The molecule has 0 aromatic heterocycles. The van der Waals surface area contributed by atoms with Crippen LogP contribution in [0.4, 0.5) is 0 Å². The lowest BCUT2D eigenvalue weighted by molar-refractivity contribution is -0.121. The minimum Gasteiger partial charge on any atom is -0.497 e. The summed E-state index contributed by atoms with van der Waals surface area (Å²) in [4.78, 5) is 13.0. The summed E-state index contributed by atoms with van der Waals surface area (Å²) < 4.78 is 31.9. The van der Waals surface area contributed by atoms with Crippen LogP contribution in [-0.4, -0.2) is 39.3 Å². The molecule has 1 amide bonds. The first kappa shape index (κ1) is 23.5. The Morgan fingerprint density at radius 1 is 1.00 bits per heavy atom. The molecule has 3 rings (SSSR count). The zero-order valence-corrected chi connectivity index (χ0v) is 19.5. The summed E-state index contributed by atoms with van der Waals surface area (Å²) in [6.45, 7) is 3.72. The van der Waals surface area contributed by atoms with E-state index in [9.17, 15) is 13.2 Å². The molecule has 7 heteroatoms. The van der Waals surface area contributed by atoms with Gasteiger partial charge in [0.15, 0.2) is 0 Å². The van der Waals surface area contributed by atoms with E-state index in [1.807, 2.05) is 56.3 Å². The van der Waals surface area contributed by atoms with Crippen LogP contribution in [0.1, 0.15) is 28.3 Å². The van der Waals surface area contributed by atoms with Crippen LogP contribution in [0.3, 0.4) is 0 Å². The molecule has 1 N–H and O–H groups in total. The van der Waals surface area contributed by atoms with Crippen LogP contribution in [0.5, 0.6) is 5.75 Å². The van der Waals surface area contributed by atoms with Gasteiger partial charge < -0.3 is 10.1 Å². The fourth-order valence-corrected chi connectivity index (χ4v) is 4.68. The summed E-state index contributed by atoms with van der Waals surface area (Å²) in [7, 11) is -0.912. The van der Waals surface area contributed by atoms with E-state index in [2.05, 4.69) is 11.4 Å². The summed E-state index contributed by atoms with van der Waals surface area (Å²) in [6.07, 6.45) is 0. The highest BCUT2D eigenvalue weighted by Gasteiger charge is 2.25. The van der Waals surface area contributed by atoms with E-state index in [4.69, 9.17) is 4.74 Å². The molecule has 0 aliphatic heterocycles. The summed E-state index contributed by atoms with van der Waals surface area (Å²) >= 11 is 0. The molecule has 0 heterocycles. The van der Waals surface area contributed by atoms with Crippen LogP contribution >= 0.6 is 0 Å². The number of carbonyl (C=O) groups excluding carboxylic acids is 1. The van der Waals surface area contributed by atoms with Gasteiger partial charge in [0.25, 0.3) is 0 Å². The lowest BCUT2D eigenvalue weighted by Crippen LogP contribution is -2.40. The van der Waals surface area contributed by atoms with Gasteiger partial charge in [0.1, 0.15) is 5.75 Å². The quantitative estimate of drug-likeness (QED) is 0.564. The Bertz CT molecular complexity index is 1180. The van der Waals surface area contributed by atoms with Gasteiger partial charge in [-0.3, -0.25) is 4.79 Å². The van der Waals surface area contributed by atoms with E-state index < -0.39 is 15.9 Å². The Labute approximate surface area is 189 Å². The second kappa shape index (κ2) is 9.97. The molecule has 0 aliphatic rings. The van der Waals surface area contributed by atoms with E-state index in [-0.39, 0.29) is 17.5 Å². The third-order valence-electron chi connectivity index (χ3n) is 5.31. The summed E-state index contributed by atoms with van der Waals surface area (Å²) in [6, 6.07) is 21.4. The Balaban J connectivity index is 1.81. The number of nitrogens with zero attached hydrogens (tertiary/aromatic N) is 1. The molecule has 3 aromatic carbocycles. The maximum absolute atomic E-state index is 12.9. The minimum absolute atomic E-state index is 0.0996. The first-order valence-corrected chi connectivity index (χ1v) is 11.7. The number of ether oxygens (including phenoxy) is 1. The van der Waals surface area contributed by atoms with Crippen LogP contribution in [-0.2, 0) is 14.8 Å². The van der Waals surface area contributed by atoms with E-state index in [1.54, 1.807) is 12.1 Å². The molecule has 1 unspecified atom stereocenters. The van der Waals surface area contributed by atoms with Gasteiger partial charge in [-0.05, 0) is 54.8 Å². The molecular formula is C25H28N2O4S. The second-order valence-electron chi connectivity index (χ2n) is 7.71. The van der Waals surface area contributed by atoms with Gasteiger partial charge in [0, 0.05) is 7.05 Å². The summed E-state index contributed by atoms with van der Waals surface area (Å²) in [5.74, 6) is 0.168. The first-order valence-electron chi connectivity index (χ1n) is 10.2. The molecule has 168 valence electrons. The van der Waals surface area contributed by atoms with Crippen molar-refractivity contribution in [3.63, 3.8) is 0 Å². The Kier molecular flexibility index (Phi) is 7.33. The Hall–Kier alpha value is -3.16. The molecule has 0 saturated heterocycles. The maximum atomic E-state index is 12.9. The van der Waals surface area contributed by atoms with Gasteiger partial charge >= 0.3 is 0 Å². The number of nitrogens with one attached hydrogen (secondary N) is 1. The van der Waals surface area contributed by atoms with Crippen LogP contribution in [0.15, 0.2) is 77.7 Å². The van der Waals surface area contributed by atoms with Crippen molar-refractivity contribution in [3.8, 4) is 5.75 Å². The highest BCUT2D eigenvalue weighted by atomic mass is 32.2. The molecule has 0 bridgehead atoms. The molecule has 3 aromatic rings. The molecule has 32 heavy (non-hydrogen) atoms. The second-order valence-corrected chi connectivity index (χ2v) is 9.75. The first-order chi connectivity index (χ1) is 15.2. The van der Waals surface area contributed by atoms with Crippen LogP contribution < -0.4 is 10.1 Å². The van der Waals surface area contributed by atoms with Crippen molar-refractivity contribution in [1.82, 2.24) is 9.62 Å². The maximum Gasteiger partial charge on any atom is 0.243 e. The van der Waals surface area contributed by atoms with E-state index in [1.165, 1.54) is 26.3 Å². The highest BCUT2D eigenvalue weighted by molar-refractivity contribution is 7.89. The average molecular weight is 453 g/mol. The standard InChI is InChI=1S/C25H28N2O4S/c1-18-10-15-23(19(2)16-18)25(20-8-6-5-7-9-20)26-24(28)17-27(3)32(29,30)22-13-11-21(31-4)12-14-22/h5-16,25H,17H2,1-4H3,(H,26,28). The number of methoxy groups -OCH3 is 1. The molecule has 0 fully saturated rings. The van der Waals surface area contributed by atoms with Crippen LogP contribution in [0.2, 0.25) is 0 Å². The average Bonchev–Trinajstić information content (AvgIpc) is 2.78. The van der Waals surface area contributed by atoms with Crippen molar-refractivity contribution in [2.45, 2.75) is 24.8 Å². The fourth-order valence-electron chi connectivity index (χ4n) is 3.56. The molecule has 0 spiro atoms. The van der Waals surface area contributed by atoms with Gasteiger partial charge in [0.05, 0.1) is 24.6 Å². The lowest BCUT2D eigenvalue weighted by Gasteiger charge is -2.24. The smallest absolute Gasteiger partial charge is 0.243 e. The minimum atomic E-state index is -3.82. The van der Waals surface area contributed by atoms with Crippen molar-refractivity contribution in [2.75, 3.05) is 20.7 Å². The number of carbonyl (C=O) groups is 1. The number of amides is 1. The van der Waals surface area contributed by atoms with Gasteiger partial charge in [-0.2, -0.15) is 4.31 Å². The van der Waals surface area contributed by atoms with Gasteiger partial charge in [-0.1, -0.05) is 54.1 Å². The monoisotopic (exact) mass is 452 g/mol. The number of likely N-dealkylation sites (N-methyl/N-ethyl adjacent to an activating group) is 1. The molecule has 0 saturated carbocycles. The number of hydrogen-bond donors (Lipinski definition) is 1. The SMILES string of the molecule is COc1ccc(S(=O)(=O)N(C)CC(=O)NC(c2ccccc2)c2ccc(C)cc2C)cc1. The van der Waals surface area contributed by atoms with Crippen molar-refractivity contribution in [1.29, 1.82) is 0 Å². The normalized spacial score (nSPS) is 12.4. The topological polar surface area (TPSA) is 75.7 Å². The highest BCUT2D eigenvalue weighted by Crippen LogP contribution is 2.26. The van der Waals surface area contributed by atoms with Gasteiger partial charge in [-0.15, -0.1) is 0 Å². The zero-order valence-electron chi connectivity index (χ0n) is 18.7. The van der Waals surface area contributed by atoms with Crippen molar-refractivity contribution >= 4 is 15.9 Å². The zero-order chi connectivity index (χ0) is 23.3. The Morgan fingerprint density at radius 2 is 1.66 bits per heavy atom. The molecule has 0 aliphatic carbocycles. The van der Waals surface area contributed by atoms with Crippen molar-refractivity contribution < 1.29 is 17.9 Å². The summed E-state index contributed by atoms with van der Waals surface area (Å²) in [5.41, 5.74) is 4.08. The Morgan fingerprint density at radius 3 is 2.25 bits per heavy atom. The molecule has 1 atom stereocenters. The number of aryl methyl sites for hydroxylation is 2. The van der Waals surface area contributed by atoms with Crippen molar-refractivity contribution in [3.05, 3.63) is 95.1 Å². The number of sulfonamides is 1. The number of hydrogen-bond acceptors (Lipinski definition) is 4. The van der Waals surface area contributed by atoms with Crippen LogP contribution in [0, 0.1) is 13.8 Å². The van der Waals surface area contributed by atoms with Gasteiger partial charge in [0.2, 0.25) is 15.9 Å². The number of rotatable bonds is 8. The number of benzene rings is 3. The summed E-state index contributed by atoms with van der Waals surface area (Å²) in [5, 5.41) is 3.02. The lowest BCUT2D eigenvalue weighted by atomic mass is 9.94.